The van der Waals surface area contributed by atoms with E-state index in [2.05, 4.69) is 20.5 Å². The summed E-state index contributed by atoms with van der Waals surface area (Å²) >= 11 is 0. The van der Waals surface area contributed by atoms with E-state index in [0.29, 0.717) is 0 Å². The number of amides is 2. The Kier molecular flexibility index (Phi) is 4.82. The molecule has 4 rings (SSSR count). The number of piperidine rings is 1. The molecule has 2 aromatic heterocycles. The second-order valence-electron chi connectivity index (χ2n) is 6.73. The third-order valence-electron chi connectivity index (χ3n) is 4.90. The van der Waals surface area contributed by atoms with Crippen molar-refractivity contribution in [1.82, 2.24) is 24.6 Å². The molecular weight excluding hydrogens is 340 g/mol. The molecule has 0 aliphatic carbocycles. The fourth-order valence-corrected chi connectivity index (χ4v) is 3.50. The lowest BCUT2D eigenvalue weighted by Crippen LogP contribution is -2.41. The van der Waals surface area contributed by atoms with Gasteiger partial charge in [0.05, 0.1) is 11.7 Å². The summed E-state index contributed by atoms with van der Waals surface area (Å²) < 4.78 is 1.86. The van der Waals surface area contributed by atoms with Gasteiger partial charge in [-0.3, -0.25) is 4.98 Å². The van der Waals surface area contributed by atoms with Crippen LogP contribution in [0, 0.1) is 0 Å². The number of likely N-dealkylation sites (tertiary alicyclic amines) is 1. The van der Waals surface area contributed by atoms with Crippen molar-refractivity contribution >= 4 is 11.7 Å². The maximum Gasteiger partial charge on any atom is 0.322 e. The van der Waals surface area contributed by atoms with Crippen molar-refractivity contribution in [2.45, 2.75) is 25.3 Å². The van der Waals surface area contributed by atoms with E-state index in [-0.39, 0.29) is 12.1 Å². The van der Waals surface area contributed by atoms with Crippen LogP contribution in [-0.4, -0.2) is 37.2 Å². The van der Waals surface area contributed by atoms with Crippen molar-refractivity contribution in [3.63, 3.8) is 0 Å². The molecule has 7 heteroatoms. The summed E-state index contributed by atoms with van der Waals surface area (Å²) in [5.41, 5.74) is 2.67. The lowest BCUT2D eigenvalue weighted by molar-refractivity contribution is 0.161. The highest BCUT2D eigenvalue weighted by Crippen LogP contribution is 2.30. The molecule has 1 N–H and O–H groups in total. The average molecular weight is 362 g/mol. The van der Waals surface area contributed by atoms with E-state index in [1.54, 1.807) is 12.5 Å². The number of nitrogens with one attached hydrogen (secondary N) is 1. The van der Waals surface area contributed by atoms with Gasteiger partial charge in [0, 0.05) is 31.0 Å². The van der Waals surface area contributed by atoms with E-state index in [1.807, 2.05) is 59.0 Å². The monoisotopic (exact) mass is 362 g/mol. The molecule has 27 heavy (non-hydrogen) atoms. The highest BCUT2D eigenvalue weighted by Gasteiger charge is 2.28. The van der Waals surface area contributed by atoms with Gasteiger partial charge in [0.15, 0.2) is 5.82 Å². The third kappa shape index (κ3) is 3.67. The Bertz CT molecular complexity index is 906. The van der Waals surface area contributed by atoms with E-state index >= 15 is 0 Å². The number of anilines is 1. The van der Waals surface area contributed by atoms with Crippen molar-refractivity contribution in [1.29, 1.82) is 0 Å². The van der Waals surface area contributed by atoms with Crippen molar-refractivity contribution in [3.8, 4) is 11.4 Å². The zero-order valence-corrected chi connectivity index (χ0v) is 15.2. The van der Waals surface area contributed by atoms with Crippen LogP contribution in [0.5, 0.6) is 0 Å². The molecule has 0 unspecified atom stereocenters. The molecule has 1 aliphatic heterocycles. The Morgan fingerprint density at radius 2 is 2.00 bits per heavy atom. The number of rotatable bonds is 3. The summed E-state index contributed by atoms with van der Waals surface area (Å²) in [4.78, 5) is 19.2. The van der Waals surface area contributed by atoms with E-state index in [1.165, 1.54) is 0 Å². The number of hydrogen-bond donors (Lipinski definition) is 1. The Morgan fingerprint density at radius 3 is 2.70 bits per heavy atom. The van der Waals surface area contributed by atoms with Crippen LogP contribution < -0.4 is 5.32 Å². The SMILES string of the molecule is Cn1cnnc1-c1ccc(NC(=O)N2CCCC[C@@H]2c2ccccn2)cc1. The molecule has 1 saturated heterocycles. The van der Waals surface area contributed by atoms with Crippen molar-refractivity contribution in [2.75, 3.05) is 11.9 Å². The minimum absolute atomic E-state index is 0.0258. The number of nitrogens with zero attached hydrogens (tertiary/aromatic N) is 5. The lowest BCUT2D eigenvalue weighted by atomic mass is 9.99. The van der Waals surface area contributed by atoms with Crippen molar-refractivity contribution in [2.24, 2.45) is 7.05 Å². The molecule has 0 saturated carbocycles. The fourth-order valence-electron chi connectivity index (χ4n) is 3.50. The van der Waals surface area contributed by atoms with Crippen LogP contribution in [0.25, 0.3) is 11.4 Å². The Hall–Kier alpha value is -3.22. The highest BCUT2D eigenvalue weighted by molar-refractivity contribution is 5.90. The van der Waals surface area contributed by atoms with E-state index in [9.17, 15) is 4.79 Å². The molecule has 0 spiro atoms. The molecule has 1 atom stereocenters. The summed E-state index contributed by atoms with van der Waals surface area (Å²) in [6.07, 6.45) is 6.51. The number of hydrogen-bond acceptors (Lipinski definition) is 4. The van der Waals surface area contributed by atoms with Gasteiger partial charge in [-0.15, -0.1) is 10.2 Å². The number of benzene rings is 1. The molecule has 3 heterocycles. The first kappa shape index (κ1) is 17.2. The second kappa shape index (κ2) is 7.57. The number of aryl methyl sites for hydroxylation is 1. The first-order valence-corrected chi connectivity index (χ1v) is 9.15. The van der Waals surface area contributed by atoms with Gasteiger partial charge in [-0.2, -0.15) is 0 Å². The van der Waals surface area contributed by atoms with Gasteiger partial charge in [-0.1, -0.05) is 6.07 Å². The second-order valence-corrected chi connectivity index (χ2v) is 6.73. The first-order chi connectivity index (χ1) is 13.2. The number of carbonyl (C=O) groups is 1. The maximum absolute atomic E-state index is 12.9. The van der Waals surface area contributed by atoms with E-state index < -0.39 is 0 Å². The topological polar surface area (TPSA) is 75.9 Å². The minimum Gasteiger partial charge on any atom is -0.317 e. The van der Waals surface area contributed by atoms with Crippen LogP contribution in [0.1, 0.15) is 31.0 Å². The predicted molar refractivity (Wildman–Crippen MR) is 103 cm³/mol. The average Bonchev–Trinajstić information content (AvgIpc) is 3.15. The standard InChI is InChI=1S/C20H22N6O/c1-25-14-22-24-19(25)15-8-10-16(11-9-15)23-20(27)26-13-5-3-7-18(26)17-6-2-4-12-21-17/h2,4,6,8-12,14,18H,3,5,7,13H2,1H3,(H,23,27)/t18-/m1/s1. The third-order valence-corrected chi connectivity index (χ3v) is 4.90. The summed E-state index contributed by atoms with van der Waals surface area (Å²) in [5.74, 6) is 0.791. The minimum atomic E-state index is -0.0863. The predicted octanol–water partition coefficient (Wildman–Crippen LogP) is 3.64. The maximum atomic E-state index is 12.9. The first-order valence-electron chi connectivity index (χ1n) is 9.15. The van der Waals surface area contributed by atoms with Crippen LogP contribution in [0.4, 0.5) is 10.5 Å². The largest absolute Gasteiger partial charge is 0.322 e. The summed E-state index contributed by atoms with van der Waals surface area (Å²) in [6.45, 7) is 0.740. The van der Waals surface area contributed by atoms with Crippen LogP contribution >= 0.6 is 0 Å². The number of carbonyl (C=O) groups excluding carboxylic acids is 1. The van der Waals surface area contributed by atoms with Gasteiger partial charge in [-0.05, 0) is 55.7 Å². The highest BCUT2D eigenvalue weighted by atomic mass is 16.2. The van der Waals surface area contributed by atoms with Crippen LogP contribution in [0.2, 0.25) is 0 Å². The lowest BCUT2D eigenvalue weighted by Gasteiger charge is -2.35. The molecule has 0 bridgehead atoms. The molecule has 1 aromatic carbocycles. The number of aromatic nitrogens is 4. The van der Waals surface area contributed by atoms with Gasteiger partial charge in [0.1, 0.15) is 6.33 Å². The van der Waals surface area contributed by atoms with Crippen LogP contribution in [0.15, 0.2) is 55.0 Å². The van der Waals surface area contributed by atoms with Crippen molar-refractivity contribution < 1.29 is 4.79 Å². The molecule has 2 amide bonds. The molecule has 1 fully saturated rings. The zero-order valence-electron chi connectivity index (χ0n) is 15.2. The number of urea groups is 1. The summed E-state index contributed by atoms with van der Waals surface area (Å²) in [7, 11) is 1.90. The zero-order chi connectivity index (χ0) is 18.6. The molecule has 1 aliphatic rings. The van der Waals surface area contributed by atoms with Crippen LogP contribution in [0.3, 0.4) is 0 Å². The van der Waals surface area contributed by atoms with Crippen molar-refractivity contribution in [3.05, 3.63) is 60.7 Å². The summed E-state index contributed by atoms with van der Waals surface area (Å²) in [5, 5.41) is 11.0. The fraction of sp³-hybridized carbons (Fsp3) is 0.300. The Morgan fingerprint density at radius 1 is 1.15 bits per heavy atom. The summed E-state index contributed by atoms with van der Waals surface area (Å²) in [6, 6.07) is 13.5. The van der Waals surface area contributed by atoms with Gasteiger partial charge in [0.2, 0.25) is 0 Å². The molecular formula is C20H22N6O. The Balaban J connectivity index is 1.48. The van der Waals surface area contributed by atoms with Crippen LogP contribution in [-0.2, 0) is 7.05 Å². The van der Waals surface area contributed by atoms with Gasteiger partial charge < -0.3 is 14.8 Å². The van der Waals surface area contributed by atoms with Gasteiger partial charge in [0.25, 0.3) is 0 Å². The smallest absolute Gasteiger partial charge is 0.317 e. The quantitative estimate of drug-likeness (QED) is 0.772. The van der Waals surface area contributed by atoms with Gasteiger partial charge in [-0.25, -0.2) is 4.79 Å². The molecule has 0 radical (unpaired) electrons. The Labute approximate surface area is 158 Å². The van der Waals surface area contributed by atoms with E-state index in [4.69, 9.17) is 0 Å². The normalized spacial score (nSPS) is 16.9. The van der Waals surface area contributed by atoms with E-state index in [0.717, 1.165) is 48.6 Å². The molecule has 3 aromatic rings. The molecule has 138 valence electrons. The molecule has 7 nitrogen and oxygen atoms in total. The van der Waals surface area contributed by atoms with Gasteiger partial charge >= 0.3 is 6.03 Å². The number of pyridine rings is 1.